The van der Waals surface area contributed by atoms with Crippen molar-refractivity contribution >= 4 is 27.8 Å². The molecule has 0 aliphatic heterocycles. The monoisotopic (exact) mass is 370 g/mol. The molecular weight excluding hydrogens is 336 g/mol. The molecule has 0 bridgehead atoms. The second kappa shape index (κ2) is 7.38. The number of hydrogen-bond donors (Lipinski definition) is 1. The van der Waals surface area contributed by atoms with E-state index in [1.165, 1.54) is 28.1 Å². The Kier molecular flexibility index (Phi) is 5.84. The van der Waals surface area contributed by atoms with Crippen molar-refractivity contribution in [2.45, 2.75) is 59.7 Å². The third kappa shape index (κ3) is 4.76. The fraction of sp³-hybridized carbons (Fsp3) is 0.429. The summed E-state index contributed by atoms with van der Waals surface area (Å²) < 4.78 is 2.81. The summed E-state index contributed by atoms with van der Waals surface area (Å²) in [6, 6.07) is 15.4. The Morgan fingerprint density at radius 1 is 0.760 bits per heavy atom. The lowest BCUT2D eigenvalue weighted by molar-refractivity contribution is 1.12. The number of rotatable bonds is 6. The van der Waals surface area contributed by atoms with Gasteiger partial charge >= 0.3 is 0 Å². The van der Waals surface area contributed by atoms with Gasteiger partial charge < -0.3 is 9.55 Å². The van der Waals surface area contributed by atoms with E-state index in [-0.39, 0.29) is 0 Å². The van der Waals surface area contributed by atoms with Crippen LogP contribution in [-0.4, -0.2) is 16.5 Å². The van der Waals surface area contributed by atoms with Gasteiger partial charge in [0.15, 0.2) is 0 Å². The van der Waals surface area contributed by atoms with E-state index in [2.05, 4.69) is 105 Å². The summed E-state index contributed by atoms with van der Waals surface area (Å²) in [6.45, 7) is 20.0. The van der Waals surface area contributed by atoms with Crippen LogP contribution in [0, 0.1) is 13.8 Å². The average Bonchev–Trinajstić information content (AvgIpc) is 2.45. The van der Waals surface area contributed by atoms with Crippen molar-refractivity contribution in [3.05, 3.63) is 59.2 Å². The Hall–Kier alpha value is -1.53. The zero-order valence-electron chi connectivity index (χ0n) is 17.2. The highest BCUT2D eigenvalue weighted by Crippen LogP contribution is 2.32. The molecule has 2 aromatic rings. The molecule has 0 radical (unpaired) electrons. The number of benzene rings is 2. The minimum Gasteiger partial charge on any atom is -0.424 e. The standard InChI is InChI=1S/C21H34N2Si2/c1-17-12-11-13-18(2)21(17)22-16-19-14-9-10-15-20(19)23(24(3,4)5)25(6,7)8/h9-15,22H,16H2,1-8H3. The molecule has 0 fully saturated rings. The van der Waals surface area contributed by atoms with Gasteiger partial charge in [0.05, 0.1) is 0 Å². The van der Waals surface area contributed by atoms with Gasteiger partial charge in [0, 0.05) is 17.9 Å². The van der Waals surface area contributed by atoms with Crippen LogP contribution in [0.1, 0.15) is 16.7 Å². The van der Waals surface area contributed by atoms with Crippen LogP contribution in [0.4, 0.5) is 11.4 Å². The molecule has 0 amide bonds. The summed E-state index contributed by atoms with van der Waals surface area (Å²) in [6.07, 6.45) is 0. The highest BCUT2D eigenvalue weighted by atomic mass is 28.4. The topological polar surface area (TPSA) is 15.3 Å². The Balaban J connectivity index is 2.38. The van der Waals surface area contributed by atoms with Gasteiger partial charge in [-0.2, -0.15) is 0 Å². The van der Waals surface area contributed by atoms with Crippen molar-refractivity contribution in [1.29, 1.82) is 0 Å². The van der Waals surface area contributed by atoms with Crippen LogP contribution in [0.3, 0.4) is 0 Å². The number of para-hydroxylation sites is 2. The van der Waals surface area contributed by atoms with Crippen LogP contribution in [-0.2, 0) is 6.54 Å². The second-order valence-electron chi connectivity index (χ2n) is 8.93. The van der Waals surface area contributed by atoms with Gasteiger partial charge in [0.2, 0.25) is 0 Å². The highest BCUT2D eigenvalue weighted by molar-refractivity contribution is 6.99. The quantitative estimate of drug-likeness (QED) is 0.592. The molecule has 0 saturated carbocycles. The predicted octanol–water partition coefficient (Wildman–Crippen LogP) is 6.39. The molecule has 2 rings (SSSR count). The van der Waals surface area contributed by atoms with Crippen LogP contribution >= 0.6 is 0 Å². The van der Waals surface area contributed by atoms with Crippen LogP contribution in [0.5, 0.6) is 0 Å². The lowest BCUT2D eigenvalue weighted by Crippen LogP contribution is -2.59. The molecule has 0 atom stereocenters. The second-order valence-corrected chi connectivity index (χ2v) is 19.0. The van der Waals surface area contributed by atoms with Gasteiger partial charge in [-0.05, 0) is 36.6 Å². The predicted molar refractivity (Wildman–Crippen MR) is 119 cm³/mol. The normalized spacial score (nSPS) is 12.2. The van der Waals surface area contributed by atoms with Gasteiger partial charge in [-0.15, -0.1) is 0 Å². The maximum Gasteiger partial charge on any atom is 0.138 e. The van der Waals surface area contributed by atoms with Crippen LogP contribution in [0.2, 0.25) is 39.3 Å². The van der Waals surface area contributed by atoms with Crippen molar-refractivity contribution in [3.8, 4) is 0 Å². The number of anilines is 2. The van der Waals surface area contributed by atoms with E-state index >= 15 is 0 Å². The zero-order chi connectivity index (χ0) is 18.8. The Morgan fingerprint density at radius 3 is 1.80 bits per heavy atom. The van der Waals surface area contributed by atoms with Crippen molar-refractivity contribution in [1.82, 2.24) is 0 Å². The SMILES string of the molecule is Cc1cccc(C)c1NCc1ccccc1N([Si](C)(C)C)[Si](C)(C)C. The van der Waals surface area contributed by atoms with Gasteiger partial charge in [0.1, 0.15) is 16.5 Å². The molecule has 0 saturated heterocycles. The van der Waals surface area contributed by atoms with Crippen molar-refractivity contribution in [3.63, 3.8) is 0 Å². The minimum atomic E-state index is -1.46. The molecular formula is C21H34N2Si2. The summed E-state index contributed by atoms with van der Waals surface area (Å²) in [5.41, 5.74) is 6.72. The van der Waals surface area contributed by atoms with E-state index in [0.29, 0.717) is 0 Å². The zero-order valence-corrected chi connectivity index (χ0v) is 19.2. The Bertz CT molecular complexity index is 693. The van der Waals surface area contributed by atoms with Crippen molar-refractivity contribution < 1.29 is 0 Å². The molecule has 0 aliphatic rings. The third-order valence-electron chi connectivity index (χ3n) is 4.51. The first-order chi connectivity index (χ1) is 11.5. The van der Waals surface area contributed by atoms with E-state index < -0.39 is 16.5 Å². The summed E-state index contributed by atoms with van der Waals surface area (Å²) in [7, 11) is -2.91. The van der Waals surface area contributed by atoms with E-state index in [0.717, 1.165) is 6.54 Å². The maximum absolute atomic E-state index is 3.70. The molecule has 25 heavy (non-hydrogen) atoms. The average molecular weight is 371 g/mol. The summed E-state index contributed by atoms with van der Waals surface area (Å²) in [4.78, 5) is 0. The molecule has 2 aromatic carbocycles. The van der Waals surface area contributed by atoms with Gasteiger partial charge in [-0.25, -0.2) is 0 Å². The van der Waals surface area contributed by atoms with Crippen LogP contribution in [0.15, 0.2) is 42.5 Å². The largest absolute Gasteiger partial charge is 0.424 e. The minimum absolute atomic E-state index is 0.868. The fourth-order valence-electron chi connectivity index (χ4n) is 3.88. The Morgan fingerprint density at radius 2 is 1.28 bits per heavy atom. The molecule has 0 heterocycles. The lowest BCUT2D eigenvalue weighted by atomic mass is 10.1. The van der Waals surface area contributed by atoms with Crippen molar-refractivity contribution in [2.24, 2.45) is 0 Å². The number of nitrogens with zero attached hydrogens (tertiary/aromatic N) is 1. The molecule has 0 aliphatic carbocycles. The molecule has 0 aromatic heterocycles. The van der Waals surface area contributed by atoms with Gasteiger partial charge in [-0.3, -0.25) is 0 Å². The summed E-state index contributed by atoms with van der Waals surface area (Å²) >= 11 is 0. The molecule has 1 N–H and O–H groups in total. The van der Waals surface area contributed by atoms with E-state index in [4.69, 9.17) is 0 Å². The fourth-order valence-corrected chi connectivity index (χ4v) is 13.8. The van der Waals surface area contributed by atoms with Gasteiger partial charge in [-0.1, -0.05) is 75.7 Å². The maximum atomic E-state index is 3.70. The third-order valence-corrected chi connectivity index (χ3v) is 11.7. The van der Waals surface area contributed by atoms with Crippen LogP contribution < -0.4 is 9.55 Å². The highest BCUT2D eigenvalue weighted by Gasteiger charge is 2.35. The first-order valence-electron chi connectivity index (χ1n) is 9.20. The number of aryl methyl sites for hydroxylation is 2. The number of nitrogens with one attached hydrogen (secondary N) is 1. The molecule has 136 valence electrons. The van der Waals surface area contributed by atoms with E-state index in [1.807, 2.05) is 0 Å². The molecule has 4 heteroatoms. The molecule has 2 nitrogen and oxygen atoms in total. The van der Waals surface area contributed by atoms with Gasteiger partial charge in [0.25, 0.3) is 0 Å². The number of hydrogen-bond acceptors (Lipinski definition) is 2. The van der Waals surface area contributed by atoms with Crippen LogP contribution in [0.25, 0.3) is 0 Å². The van der Waals surface area contributed by atoms with E-state index in [9.17, 15) is 0 Å². The smallest absolute Gasteiger partial charge is 0.138 e. The first-order valence-corrected chi connectivity index (χ1v) is 16.1. The summed E-state index contributed by atoms with van der Waals surface area (Å²) in [5.74, 6) is 0. The lowest BCUT2D eigenvalue weighted by Gasteiger charge is -2.46. The first kappa shape index (κ1) is 19.8. The van der Waals surface area contributed by atoms with E-state index in [1.54, 1.807) is 0 Å². The molecule has 0 unspecified atom stereocenters. The van der Waals surface area contributed by atoms with Crippen molar-refractivity contribution in [2.75, 3.05) is 9.55 Å². The molecule has 0 spiro atoms. The Labute approximate surface area is 156 Å². The summed E-state index contributed by atoms with van der Waals surface area (Å²) in [5, 5.41) is 3.70.